The zero-order valence-electron chi connectivity index (χ0n) is 6.86. The van der Waals surface area contributed by atoms with Crippen molar-refractivity contribution in [3.05, 3.63) is 0 Å². The van der Waals surface area contributed by atoms with E-state index in [1.54, 1.807) is 0 Å². The Morgan fingerprint density at radius 3 is 2.38 bits per heavy atom. The molecule has 0 aromatic rings. The molecule has 0 rings (SSSR count). The Balaban J connectivity index is 0. The smallest absolute Gasteiger partial charge is 0.270 e. The van der Waals surface area contributed by atoms with Gasteiger partial charge in [0.1, 0.15) is 5.75 Å². The van der Waals surface area contributed by atoms with E-state index in [1.165, 1.54) is 0 Å². The molecule has 0 saturated carbocycles. The Bertz CT molecular complexity index is 207. The van der Waals surface area contributed by atoms with E-state index in [9.17, 15) is 8.42 Å². The molecule has 0 heterocycles. The standard InChI is InChI=1S/C5H13NO5S.Fe/c6-3-5(8)4-12(9,10)11-2-1-7;/h5,7-8H,1-4,6H2;. The SMILES string of the molecule is NCC(O)CS(=O)(=O)OCCO.[Fe]. The van der Waals surface area contributed by atoms with Crippen LogP contribution < -0.4 is 5.73 Å². The maximum atomic E-state index is 10.8. The molecule has 8 heteroatoms. The number of hydrogen-bond acceptors (Lipinski definition) is 6. The first kappa shape index (κ1) is 15.8. The molecule has 0 spiro atoms. The van der Waals surface area contributed by atoms with E-state index in [0.717, 1.165) is 0 Å². The second-order valence-electron chi connectivity index (χ2n) is 2.16. The van der Waals surface area contributed by atoms with Crippen LogP contribution in [0, 0.1) is 0 Å². The van der Waals surface area contributed by atoms with Crippen molar-refractivity contribution in [1.82, 2.24) is 0 Å². The van der Waals surface area contributed by atoms with Crippen molar-refractivity contribution in [3.63, 3.8) is 0 Å². The van der Waals surface area contributed by atoms with Gasteiger partial charge in [-0.05, 0) is 0 Å². The third kappa shape index (κ3) is 8.63. The summed E-state index contributed by atoms with van der Waals surface area (Å²) in [5, 5.41) is 17.1. The van der Waals surface area contributed by atoms with Gasteiger partial charge in [0.2, 0.25) is 0 Å². The molecule has 0 saturated heterocycles. The minimum atomic E-state index is -3.75. The van der Waals surface area contributed by atoms with Crippen LogP contribution in [0.2, 0.25) is 0 Å². The predicted molar refractivity (Wildman–Crippen MR) is 41.9 cm³/mol. The zero-order chi connectivity index (χ0) is 9.61. The van der Waals surface area contributed by atoms with E-state index < -0.39 is 22.0 Å². The van der Waals surface area contributed by atoms with Gasteiger partial charge in [-0.3, -0.25) is 4.18 Å². The first-order valence-corrected chi connectivity index (χ1v) is 4.95. The van der Waals surface area contributed by atoms with Gasteiger partial charge in [-0.15, -0.1) is 0 Å². The molecular weight excluding hydrogens is 242 g/mol. The number of aliphatic hydroxyl groups is 2. The molecule has 0 fully saturated rings. The van der Waals surface area contributed by atoms with Gasteiger partial charge in [0.25, 0.3) is 10.1 Å². The van der Waals surface area contributed by atoms with Crippen LogP contribution in [-0.2, 0) is 31.4 Å². The van der Waals surface area contributed by atoms with E-state index in [0.29, 0.717) is 0 Å². The molecule has 0 aromatic carbocycles. The summed E-state index contributed by atoms with van der Waals surface area (Å²) in [6.07, 6.45) is -1.12. The van der Waals surface area contributed by atoms with Crippen LogP contribution in [0.5, 0.6) is 0 Å². The van der Waals surface area contributed by atoms with Crippen LogP contribution in [0.4, 0.5) is 0 Å². The molecular formula is C5H13FeNO5S. The molecule has 0 radical (unpaired) electrons. The third-order valence-corrected chi connectivity index (χ3v) is 2.34. The number of aliphatic hydroxyl groups excluding tert-OH is 2. The van der Waals surface area contributed by atoms with Crippen molar-refractivity contribution in [2.45, 2.75) is 6.10 Å². The molecule has 0 aliphatic heterocycles. The van der Waals surface area contributed by atoms with E-state index in [-0.39, 0.29) is 36.8 Å². The summed E-state index contributed by atoms with van der Waals surface area (Å²) in [6, 6.07) is 0. The molecule has 6 nitrogen and oxygen atoms in total. The monoisotopic (exact) mass is 255 g/mol. The van der Waals surface area contributed by atoms with Crippen LogP contribution in [0.25, 0.3) is 0 Å². The Kier molecular flexibility index (Phi) is 9.33. The molecule has 0 bridgehead atoms. The quantitative estimate of drug-likeness (QED) is 0.362. The van der Waals surface area contributed by atoms with Gasteiger partial charge < -0.3 is 15.9 Å². The topological polar surface area (TPSA) is 110 Å². The summed E-state index contributed by atoms with van der Waals surface area (Å²) in [5.74, 6) is -0.538. The molecule has 4 N–H and O–H groups in total. The molecule has 0 amide bonds. The van der Waals surface area contributed by atoms with Crippen LogP contribution in [0.15, 0.2) is 0 Å². The van der Waals surface area contributed by atoms with Gasteiger partial charge in [-0.1, -0.05) is 0 Å². The Hall–Kier alpha value is 0.309. The Morgan fingerprint density at radius 2 is 2.00 bits per heavy atom. The van der Waals surface area contributed by atoms with E-state index >= 15 is 0 Å². The van der Waals surface area contributed by atoms with Crippen molar-refractivity contribution < 1.29 is 39.9 Å². The van der Waals surface area contributed by atoms with Gasteiger partial charge in [-0.25, -0.2) is 0 Å². The minimum absolute atomic E-state index is 0. The van der Waals surface area contributed by atoms with E-state index in [2.05, 4.69) is 4.18 Å². The fourth-order valence-corrected chi connectivity index (χ4v) is 1.55. The minimum Gasteiger partial charge on any atom is -0.394 e. The zero-order valence-corrected chi connectivity index (χ0v) is 8.78. The summed E-state index contributed by atoms with van der Waals surface area (Å²) in [5.41, 5.74) is 4.99. The summed E-state index contributed by atoms with van der Waals surface area (Å²) < 4.78 is 25.9. The average Bonchev–Trinajstić information content (AvgIpc) is 2.00. The second-order valence-corrected chi connectivity index (χ2v) is 3.84. The summed E-state index contributed by atoms with van der Waals surface area (Å²) in [7, 11) is -3.75. The first-order valence-electron chi connectivity index (χ1n) is 3.38. The molecule has 82 valence electrons. The normalized spacial score (nSPS) is 13.5. The van der Waals surface area contributed by atoms with E-state index in [4.69, 9.17) is 15.9 Å². The third-order valence-electron chi connectivity index (χ3n) is 1.02. The van der Waals surface area contributed by atoms with Crippen LogP contribution >= 0.6 is 0 Å². The Labute approximate surface area is 87.7 Å². The van der Waals surface area contributed by atoms with Crippen LogP contribution in [-0.4, -0.2) is 50.2 Å². The van der Waals surface area contributed by atoms with Crippen molar-refractivity contribution in [1.29, 1.82) is 0 Å². The maximum Gasteiger partial charge on any atom is 0.270 e. The number of rotatable bonds is 6. The average molecular weight is 255 g/mol. The van der Waals surface area contributed by atoms with Crippen LogP contribution in [0.1, 0.15) is 0 Å². The maximum absolute atomic E-state index is 10.8. The summed E-state index contributed by atoms with van der Waals surface area (Å²) >= 11 is 0. The first-order chi connectivity index (χ1) is 5.52. The van der Waals surface area contributed by atoms with Gasteiger partial charge in [0.05, 0.1) is 19.3 Å². The molecule has 0 aliphatic carbocycles. The summed E-state index contributed by atoms with van der Waals surface area (Å²) in [6.45, 7) is -0.806. The fourth-order valence-electron chi connectivity index (χ4n) is 0.516. The number of nitrogens with two attached hydrogens (primary N) is 1. The van der Waals surface area contributed by atoms with Crippen molar-refractivity contribution in [2.24, 2.45) is 5.73 Å². The van der Waals surface area contributed by atoms with Gasteiger partial charge in [-0.2, -0.15) is 8.42 Å². The van der Waals surface area contributed by atoms with Gasteiger partial charge in [0, 0.05) is 23.6 Å². The molecule has 0 aromatic heterocycles. The Morgan fingerprint density at radius 1 is 1.46 bits per heavy atom. The van der Waals surface area contributed by atoms with Crippen LogP contribution in [0.3, 0.4) is 0 Å². The summed E-state index contributed by atoms with van der Waals surface area (Å²) in [4.78, 5) is 0. The second kappa shape index (κ2) is 7.69. The van der Waals surface area contributed by atoms with Gasteiger partial charge >= 0.3 is 0 Å². The molecule has 1 unspecified atom stereocenters. The van der Waals surface area contributed by atoms with Gasteiger partial charge in [0.15, 0.2) is 0 Å². The fraction of sp³-hybridized carbons (Fsp3) is 1.00. The van der Waals surface area contributed by atoms with E-state index in [1.807, 2.05) is 0 Å². The number of hydrogen-bond donors (Lipinski definition) is 3. The molecule has 1 atom stereocenters. The van der Waals surface area contributed by atoms with Crippen molar-refractivity contribution in [2.75, 3.05) is 25.5 Å². The molecule has 0 aliphatic rings. The predicted octanol–water partition coefficient (Wildman–Crippen LogP) is -2.36. The largest absolute Gasteiger partial charge is 0.394 e. The van der Waals surface area contributed by atoms with Crippen molar-refractivity contribution in [3.8, 4) is 0 Å². The van der Waals surface area contributed by atoms with Crippen molar-refractivity contribution >= 4 is 10.1 Å². The molecule has 13 heavy (non-hydrogen) atoms.